The van der Waals surface area contributed by atoms with Gasteiger partial charge in [-0.25, -0.2) is 9.50 Å². The van der Waals surface area contributed by atoms with Gasteiger partial charge in [0.05, 0.1) is 11.4 Å². The third-order valence-electron chi connectivity index (χ3n) is 3.46. The van der Waals surface area contributed by atoms with Gasteiger partial charge in [0.1, 0.15) is 0 Å². The molecule has 4 rings (SSSR count). The van der Waals surface area contributed by atoms with Crippen LogP contribution in [0.1, 0.15) is 0 Å². The third kappa shape index (κ3) is 2.23. The average molecular weight is 307 g/mol. The second kappa shape index (κ2) is 5.24. The molecule has 4 nitrogen and oxygen atoms in total. The summed E-state index contributed by atoms with van der Waals surface area (Å²) in [6.45, 7) is 0. The number of hydrogen-bond acceptors (Lipinski definition) is 3. The Bertz CT molecular complexity index is 930. The van der Waals surface area contributed by atoms with E-state index in [1.807, 2.05) is 59.2 Å². The summed E-state index contributed by atoms with van der Waals surface area (Å²) in [6.07, 6.45) is 5.35. The SMILES string of the molecule is Clc1ccc(-c2cc3nccc(-c4cccnc4)n3n2)cc1. The first-order valence-electron chi connectivity index (χ1n) is 6.82. The second-order valence-corrected chi connectivity index (χ2v) is 5.31. The van der Waals surface area contributed by atoms with E-state index < -0.39 is 0 Å². The Balaban J connectivity index is 1.89. The fraction of sp³-hybridized carbons (Fsp3) is 0. The Kier molecular flexibility index (Phi) is 3.09. The Morgan fingerprint density at radius 1 is 0.909 bits per heavy atom. The first kappa shape index (κ1) is 13.0. The van der Waals surface area contributed by atoms with Crippen LogP contribution < -0.4 is 0 Å². The number of aromatic nitrogens is 4. The largest absolute Gasteiger partial charge is 0.264 e. The van der Waals surface area contributed by atoms with Crippen LogP contribution >= 0.6 is 11.6 Å². The molecule has 0 atom stereocenters. The monoisotopic (exact) mass is 306 g/mol. The highest BCUT2D eigenvalue weighted by molar-refractivity contribution is 6.30. The Morgan fingerprint density at radius 2 is 1.77 bits per heavy atom. The van der Waals surface area contributed by atoms with E-state index in [0.29, 0.717) is 5.02 Å². The molecule has 4 aromatic rings. The molecule has 22 heavy (non-hydrogen) atoms. The maximum atomic E-state index is 5.94. The normalized spacial score (nSPS) is 11.0. The minimum Gasteiger partial charge on any atom is -0.264 e. The summed E-state index contributed by atoms with van der Waals surface area (Å²) in [5, 5.41) is 5.38. The van der Waals surface area contributed by atoms with Crippen LogP contribution in [-0.4, -0.2) is 19.6 Å². The van der Waals surface area contributed by atoms with Crippen molar-refractivity contribution in [2.45, 2.75) is 0 Å². The zero-order chi connectivity index (χ0) is 14.9. The van der Waals surface area contributed by atoms with E-state index in [1.54, 1.807) is 12.4 Å². The molecule has 5 heteroatoms. The van der Waals surface area contributed by atoms with Crippen LogP contribution in [0.3, 0.4) is 0 Å². The second-order valence-electron chi connectivity index (χ2n) is 4.88. The summed E-state index contributed by atoms with van der Waals surface area (Å²) < 4.78 is 1.83. The summed E-state index contributed by atoms with van der Waals surface area (Å²) >= 11 is 5.94. The zero-order valence-corrected chi connectivity index (χ0v) is 12.3. The van der Waals surface area contributed by atoms with Crippen molar-refractivity contribution in [2.24, 2.45) is 0 Å². The van der Waals surface area contributed by atoms with Crippen molar-refractivity contribution in [1.29, 1.82) is 0 Å². The molecule has 0 saturated carbocycles. The number of pyridine rings is 1. The van der Waals surface area contributed by atoms with Gasteiger partial charge in [-0.2, -0.15) is 5.10 Å². The van der Waals surface area contributed by atoms with Gasteiger partial charge in [-0.05, 0) is 30.3 Å². The minimum absolute atomic E-state index is 0.710. The number of benzene rings is 1. The third-order valence-corrected chi connectivity index (χ3v) is 3.71. The van der Waals surface area contributed by atoms with Gasteiger partial charge in [0.25, 0.3) is 0 Å². The molecule has 0 amide bonds. The van der Waals surface area contributed by atoms with E-state index in [4.69, 9.17) is 11.6 Å². The standard InChI is InChI=1S/C17H11ClN4/c18-14-5-3-12(4-6-14)15-10-17-20-9-7-16(22(17)21-15)13-2-1-8-19-11-13/h1-11H. The smallest absolute Gasteiger partial charge is 0.156 e. The summed E-state index contributed by atoms with van der Waals surface area (Å²) in [4.78, 5) is 8.55. The number of hydrogen-bond donors (Lipinski definition) is 0. The van der Waals surface area contributed by atoms with Gasteiger partial charge in [-0.1, -0.05) is 23.7 Å². The highest BCUT2D eigenvalue weighted by Gasteiger charge is 2.09. The molecule has 0 bridgehead atoms. The zero-order valence-electron chi connectivity index (χ0n) is 11.5. The molecule has 0 aliphatic carbocycles. The van der Waals surface area contributed by atoms with Crippen molar-refractivity contribution in [3.8, 4) is 22.5 Å². The van der Waals surface area contributed by atoms with Gasteiger partial charge < -0.3 is 0 Å². The quantitative estimate of drug-likeness (QED) is 0.559. The van der Waals surface area contributed by atoms with Gasteiger partial charge in [0, 0.05) is 40.8 Å². The summed E-state index contributed by atoms with van der Waals surface area (Å²) in [5.74, 6) is 0. The number of halogens is 1. The van der Waals surface area contributed by atoms with E-state index >= 15 is 0 Å². The summed E-state index contributed by atoms with van der Waals surface area (Å²) in [6, 6.07) is 15.4. The van der Waals surface area contributed by atoms with Crippen molar-refractivity contribution in [2.75, 3.05) is 0 Å². The van der Waals surface area contributed by atoms with Crippen LogP contribution in [0.15, 0.2) is 67.1 Å². The summed E-state index contributed by atoms with van der Waals surface area (Å²) in [7, 11) is 0. The highest BCUT2D eigenvalue weighted by Crippen LogP contribution is 2.24. The lowest BCUT2D eigenvalue weighted by atomic mass is 10.2. The van der Waals surface area contributed by atoms with E-state index in [2.05, 4.69) is 15.1 Å². The van der Waals surface area contributed by atoms with E-state index in [1.165, 1.54) is 0 Å². The summed E-state index contributed by atoms with van der Waals surface area (Å²) in [5.41, 5.74) is 4.62. The van der Waals surface area contributed by atoms with Crippen molar-refractivity contribution in [3.05, 3.63) is 72.1 Å². The van der Waals surface area contributed by atoms with Gasteiger partial charge in [-0.3, -0.25) is 4.98 Å². The number of fused-ring (bicyclic) bond motifs is 1. The predicted octanol–water partition coefficient (Wildman–Crippen LogP) is 4.11. The molecule has 3 heterocycles. The van der Waals surface area contributed by atoms with Crippen LogP contribution in [0, 0.1) is 0 Å². The maximum Gasteiger partial charge on any atom is 0.156 e. The Hall–Kier alpha value is -2.72. The average Bonchev–Trinajstić information content (AvgIpc) is 3.00. The van der Waals surface area contributed by atoms with Crippen LogP contribution in [0.25, 0.3) is 28.2 Å². The van der Waals surface area contributed by atoms with Gasteiger partial charge in [0.15, 0.2) is 5.65 Å². The van der Waals surface area contributed by atoms with Gasteiger partial charge >= 0.3 is 0 Å². The van der Waals surface area contributed by atoms with E-state index in [-0.39, 0.29) is 0 Å². The molecule has 0 N–H and O–H groups in total. The molecule has 0 radical (unpaired) electrons. The lowest BCUT2D eigenvalue weighted by molar-refractivity contribution is 0.950. The molecule has 0 aliphatic rings. The molecule has 0 saturated heterocycles. The first-order chi connectivity index (χ1) is 10.8. The fourth-order valence-corrected chi connectivity index (χ4v) is 2.52. The number of rotatable bonds is 2. The van der Waals surface area contributed by atoms with Crippen molar-refractivity contribution < 1.29 is 0 Å². The van der Waals surface area contributed by atoms with Gasteiger partial charge in [0.2, 0.25) is 0 Å². The molecule has 0 unspecified atom stereocenters. The van der Waals surface area contributed by atoms with Crippen LogP contribution in [0.2, 0.25) is 5.02 Å². The Labute approximate surface area is 132 Å². The highest BCUT2D eigenvalue weighted by atomic mass is 35.5. The van der Waals surface area contributed by atoms with Gasteiger partial charge in [-0.15, -0.1) is 0 Å². The molecule has 106 valence electrons. The molecule has 0 fully saturated rings. The molecular formula is C17H11ClN4. The molecule has 0 spiro atoms. The minimum atomic E-state index is 0.710. The lowest BCUT2D eigenvalue weighted by Crippen LogP contribution is -1.95. The Morgan fingerprint density at radius 3 is 2.55 bits per heavy atom. The van der Waals surface area contributed by atoms with Crippen molar-refractivity contribution >= 4 is 17.2 Å². The maximum absolute atomic E-state index is 5.94. The van der Waals surface area contributed by atoms with Crippen LogP contribution in [0.4, 0.5) is 0 Å². The molecule has 0 aliphatic heterocycles. The molecule has 3 aromatic heterocycles. The molecular weight excluding hydrogens is 296 g/mol. The molecule has 1 aromatic carbocycles. The topological polar surface area (TPSA) is 43.1 Å². The first-order valence-corrected chi connectivity index (χ1v) is 7.20. The van der Waals surface area contributed by atoms with E-state index in [0.717, 1.165) is 28.2 Å². The lowest BCUT2D eigenvalue weighted by Gasteiger charge is -2.03. The van der Waals surface area contributed by atoms with Crippen LogP contribution in [-0.2, 0) is 0 Å². The van der Waals surface area contributed by atoms with E-state index in [9.17, 15) is 0 Å². The predicted molar refractivity (Wildman–Crippen MR) is 86.7 cm³/mol. The fourth-order valence-electron chi connectivity index (χ4n) is 2.39. The number of nitrogens with zero attached hydrogens (tertiary/aromatic N) is 4. The van der Waals surface area contributed by atoms with Crippen molar-refractivity contribution in [1.82, 2.24) is 19.6 Å². The van der Waals surface area contributed by atoms with Crippen LogP contribution in [0.5, 0.6) is 0 Å². The van der Waals surface area contributed by atoms with Crippen molar-refractivity contribution in [3.63, 3.8) is 0 Å².